The van der Waals surface area contributed by atoms with E-state index in [1.807, 2.05) is 0 Å². The van der Waals surface area contributed by atoms with Gasteiger partial charge < -0.3 is 15.0 Å². The molecular weight excluding hydrogens is 181 g/mol. The fourth-order valence-electron chi connectivity index (χ4n) is 0.780. The topological polar surface area (TPSA) is 63.6 Å². The van der Waals surface area contributed by atoms with Gasteiger partial charge in [0.2, 0.25) is 0 Å². The largest absolute Gasteiger partial charge is 1.00 e. The molecule has 72 valence electrons. The number of carboxylic acid groups (broad SMARTS) is 1. The van der Waals surface area contributed by atoms with Gasteiger partial charge in [-0.25, -0.2) is 0 Å². The normalized spacial score (nSPS) is 13.7. The molecule has 5 heteroatoms. The Hall–Kier alpha value is 0.390. The Kier molecular flexibility index (Phi) is 7.29. The number of aliphatic hydroxyl groups is 1. The van der Waals surface area contributed by atoms with Crippen molar-refractivity contribution >= 4 is 5.97 Å². The summed E-state index contributed by atoms with van der Waals surface area (Å²) >= 11 is 0. The van der Waals surface area contributed by atoms with Gasteiger partial charge in [0.05, 0.1) is 17.6 Å². The SMILES string of the molecule is CC(O)CN(C)C(C)(C)C(=O)[O-].[Na+]. The van der Waals surface area contributed by atoms with Gasteiger partial charge in [0.15, 0.2) is 0 Å². The van der Waals surface area contributed by atoms with Gasteiger partial charge in [-0.3, -0.25) is 4.90 Å². The zero-order chi connectivity index (χ0) is 9.94. The summed E-state index contributed by atoms with van der Waals surface area (Å²) in [6.45, 7) is 5.03. The number of nitrogens with zero attached hydrogens (tertiary/aromatic N) is 1. The molecular formula is C8H16NNaO3. The molecule has 1 N–H and O–H groups in total. The maximum Gasteiger partial charge on any atom is 1.00 e. The Balaban J connectivity index is 0. The van der Waals surface area contributed by atoms with Gasteiger partial charge in [-0.15, -0.1) is 0 Å². The molecule has 0 amide bonds. The second-order valence-electron chi connectivity index (χ2n) is 3.58. The Bertz CT molecular complexity index is 171. The third-order valence-corrected chi connectivity index (χ3v) is 1.99. The quantitative estimate of drug-likeness (QED) is 0.465. The van der Waals surface area contributed by atoms with Crippen LogP contribution in [0.2, 0.25) is 0 Å². The van der Waals surface area contributed by atoms with E-state index >= 15 is 0 Å². The first kappa shape index (κ1) is 15.8. The van der Waals surface area contributed by atoms with Crippen molar-refractivity contribution in [1.29, 1.82) is 0 Å². The number of carboxylic acids is 1. The van der Waals surface area contributed by atoms with Gasteiger partial charge in [0.1, 0.15) is 0 Å². The number of carbonyl (C=O) groups is 1. The van der Waals surface area contributed by atoms with Gasteiger partial charge in [0.25, 0.3) is 0 Å². The van der Waals surface area contributed by atoms with E-state index in [1.165, 1.54) is 0 Å². The summed E-state index contributed by atoms with van der Waals surface area (Å²) in [4.78, 5) is 12.2. The molecule has 0 aliphatic heterocycles. The minimum Gasteiger partial charge on any atom is -0.548 e. The van der Waals surface area contributed by atoms with E-state index in [-0.39, 0.29) is 29.6 Å². The van der Waals surface area contributed by atoms with Crippen molar-refractivity contribution in [3.8, 4) is 0 Å². The predicted octanol–water partition coefficient (Wildman–Crippen LogP) is -4.17. The van der Waals surface area contributed by atoms with Crippen LogP contribution in [0.15, 0.2) is 0 Å². The summed E-state index contributed by atoms with van der Waals surface area (Å²) < 4.78 is 0. The molecule has 0 spiro atoms. The van der Waals surface area contributed by atoms with Crippen molar-refractivity contribution in [1.82, 2.24) is 4.90 Å². The van der Waals surface area contributed by atoms with Crippen molar-refractivity contribution in [3.63, 3.8) is 0 Å². The number of β-amino-alcohol motifs (C(OH)–C–C–N with tert-alkyl or cyclic N) is 1. The molecule has 0 heterocycles. The molecule has 0 aromatic carbocycles. The van der Waals surface area contributed by atoms with Crippen LogP contribution in [0.25, 0.3) is 0 Å². The molecule has 0 aliphatic carbocycles. The van der Waals surface area contributed by atoms with E-state index in [2.05, 4.69) is 0 Å². The molecule has 0 radical (unpaired) electrons. The summed E-state index contributed by atoms with van der Waals surface area (Å²) in [5.74, 6) is -1.13. The van der Waals surface area contributed by atoms with E-state index in [0.29, 0.717) is 6.54 Å². The number of aliphatic hydroxyl groups excluding tert-OH is 1. The third kappa shape index (κ3) is 4.98. The zero-order valence-corrected chi connectivity index (χ0v) is 11.0. The van der Waals surface area contributed by atoms with Gasteiger partial charge in [-0.1, -0.05) is 0 Å². The first-order valence-corrected chi connectivity index (χ1v) is 3.89. The van der Waals surface area contributed by atoms with Crippen LogP contribution in [0.5, 0.6) is 0 Å². The molecule has 0 saturated carbocycles. The average molecular weight is 197 g/mol. The Morgan fingerprint density at radius 1 is 1.62 bits per heavy atom. The maximum absolute atomic E-state index is 10.6. The minimum absolute atomic E-state index is 0. The number of rotatable bonds is 4. The van der Waals surface area contributed by atoms with Crippen LogP contribution in [0.1, 0.15) is 20.8 Å². The molecule has 0 saturated heterocycles. The molecule has 4 nitrogen and oxygen atoms in total. The molecule has 13 heavy (non-hydrogen) atoms. The van der Waals surface area contributed by atoms with Crippen molar-refractivity contribution in [2.75, 3.05) is 13.6 Å². The van der Waals surface area contributed by atoms with Crippen LogP contribution >= 0.6 is 0 Å². The van der Waals surface area contributed by atoms with Crippen molar-refractivity contribution in [3.05, 3.63) is 0 Å². The van der Waals surface area contributed by atoms with E-state index in [1.54, 1.807) is 32.7 Å². The van der Waals surface area contributed by atoms with Crippen LogP contribution in [0, 0.1) is 0 Å². The second-order valence-corrected chi connectivity index (χ2v) is 3.58. The number of hydrogen-bond acceptors (Lipinski definition) is 4. The zero-order valence-electron chi connectivity index (χ0n) is 9.00. The molecule has 0 aromatic heterocycles. The third-order valence-electron chi connectivity index (χ3n) is 1.99. The molecule has 0 rings (SSSR count). The molecule has 1 atom stereocenters. The predicted molar refractivity (Wildman–Crippen MR) is 43.4 cm³/mol. The van der Waals surface area contributed by atoms with Crippen molar-refractivity contribution < 1.29 is 44.6 Å². The Morgan fingerprint density at radius 3 is 2.23 bits per heavy atom. The molecule has 0 aromatic rings. The Labute approximate surface area is 101 Å². The van der Waals surface area contributed by atoms with Gasteiger partial charge in [-0.05, 0) is 27.8 Å². The molecule has 0 bridgehead atoms. The standard InChI is InChI=1S/C8H17NO3.Na/c1-6(10)5-9(4)8(2,3)7(11)12;/h6,10H,5H2,1-4H3,(H,11,12);/q;+1/p-1. The van der Waals surface area contributed by atoms with Crippen molar-refractivity contribution in [2.24, 2.45) is 0 Å². The van der Waals surface area contributed by atoms with Crippen LogP contribution < -0.4 is 34.7 Å². The molecule has 0 fully saturated rings. The molecule has 0 aliphatic rings. The summed E-state index contributed by atoms with van der Waals surface area (Å²) in [5, 5.41) is 19.6. The first-order valence-electron chi connectivity index (χ1n) is 3.89. The average Bonchev–Trinajstić information content (AvgIpc) is 1.85. The Morgan fingerprint density at radius 2 is 2.00 bits per heavy atom. The van der Waals surface area contributed by atoms with E-state index < -0.39 is 17.6 Å². The van der Waals surface area contributed by atoms with Crippen molar-refractivity contribution in [2.45, 2.75) is 32.4 Å². The minimum atomic E-state index is -1.13. The van der Waals surface area contributed by atoms with Gasteiger partial charge in [-0.2, -0.15) is 0 Å². The fraction of sp³-hybridized carbons (Fsp3) is 0.875. The smallest absolute Gasteiger partial charge is 0.548 e. The van der Waals surface area contributed by atoms with Gasteiger partial charge >= 0.3 is 29.6 Å². The number of hydrogen-bond donors (Lipinski definition) is 1. The van der Waals surface area contributed by atoms with E-state index in [4.69, 9.17) is 5.11 Å². The number of aliphatic carboxylic acids is 1. The fourth-order valence-corrected chi connectivity index (χ4v) is 0.780. The maximum atomic E-state index is 10.6. The van der Waals surface area contributed by atoms with Crippen LogP contribution in [-0.2, 0) is 4.79 Å². The monoisotopic (exact) mass is 197 g/mol. The van der Waals surface area contributed by atoms with Gasteiger partial charge in [0, 0.05) is 6.54 Å². The van der Waals surface area contributed by atoms with E-state index in [9.17, 15) is 9.90 Å². The van der Waals surface area contributed by atoms with Crippen LogP contribution in [0.4, 0.5) is 0 Å². The summed E-state index contributed by atoms with van der Waals surface area (Å²) in [5.41, 5.74) is -1.03. The number of likely N-dealkylation sites (N-methyl/N-ethyl adjacent to an activating group) is 1. The van der Waals surface area contributed by atoms with Crippen LogP contribution in [-0.4, -0.2) is 41.2 Å². The summed E-state index contributed by atoms with van der Waals surface area (Å²) in [6.07, 6.45) is -0.534. The van der Waals surface area contributed by atoms with Crippen LogP contribution in [0.3, 0.4) is 0 Å². The second kappa shape index (κ2) is 5.98. The summed E-state index contributed by atoms with van der Waals surface area (Å²) in [7, 11) is 1.64. The number of carbonyl (C=O) groups excluding carboxylic acids is 1. The molecule has 1 unspecified atom stereocenters. The summed E-state index contributed by atoms with van der Waals surface area (Å²) in [6, 6.07) is 0. The van der Waals surface area contributed by atoms with E-state index in [0.717, 1.165) is 0 Å². The first-order chi connectivity index (χ1) is 5.28.